The van der Waals surface area contributed by atoms with E-state index in [1.807, 2.05) is 13.0 Å². The minimum absolute atomic E-state index is 0.265. The second-order valence-electron chi connectivity index (χ2n) is 5.15. The average Bonchev–Trinajstić information content (AvgIpc) is 2.55. The molecule has 0 N–H and O–H groups in total. The van der Waals surface area contributed by atoms with Crippen LogP contribution in [0, 0.1) is 6.92 Å². The van der Waals surface area contributed by atoms with E-state index >= 15 is 0 Å². The Bertz CT molecular complexity index is 961. The molecular formula is C18H13ClO5. The molecule has 0 aliphatic carbocycles. The van der Waals surface area contributed by atoms with E-state index in [0.29, 0.717) is 16.4 Å². The van der Waals surface area contributed by atoms with E-state index in [0.717, 1.165) is 10.9 Å². The maximum absolute atomic E-state index is 11.9. The van der Waals surface area contributed by atoms with Crippen molar-refractivity contribution < 1.29 is 18.7 Å². The second-order valence-corrected chi connectivity index (χ2v) is 5.56. The zero-order chi connectivity index (χ0) is 17.1. The molecule has 5 nitrogen and oxygen atoms in total. The van der Waals surface area contributed by atoms with Gasteiger partial charge in [0.1, 0.15) is 17.1 Å². The topological polar surface area (TPSA) is 65.7 Å². The number of ether oxygens (including phenoxy) is 2. The van der Waals surface area contributed by atoms with Crippen LogP contribution in [0.1, 0.15) is 5.56 Å². The first-order valence-corrected chi connectivity index (χ1v) is 7.52. The summed E-state index contributed by atoms with van der Waals surface area (Å²) in [4.78, 5) is 23.1. The summed E-state index contributed by atoms with van der Waals surface area (Å²) < 4.78 is 15.6. The maximum atomic E-state index is 11.9. The van der Waals surface area contributed by atoms with E-state index in [4.69, 9.17) is 25.5 Å². The van der Waals surface area contributed by atoms with Crippen molar-refractivity contribution >= 4 is 28.5 Å². The van der Waals surface area contributed by atoms with Crippen molar-refractivity contribution in [2.75, 3.05) is 6.61 Å². The van der Waals surface area contributed by atoms with Gasteiger partial charge >= 0.3 is 11.6 Å². The Hall–Kier alpha value is -2.79. The number of esters is 1. The molecule has 0 bridgehead atoms. The Kier molecular flexibility index (Phi) is 4.53. The summed E-state index contributed by atoms with van der Waals surface area (Å²) in [5.41, 5.74) is 0.839. The summed E-state index contributed by atoms with van der Waals surface area (Å²) in [7, 11) is 0. The molecule has 0 spiro atoms. The fraction of sp³-hybridized carbons (Fsp3) is 0.111. The van der Waals surface area contributed by atoms with E-state index in [1.165, 1.54) is 12.1 Å². The van der Waals surface area contributed by atoms with Gasteiger partial charge in [-0.3, -0.25) is 0 Å². The lowest BCUT2D eigenvalue weighted by molar-refractivity contribution is -0.136. The lowest BCUT2D eigenvalue weighted by Gasteiger charge is -2.09. The van der Waals surface area contributed by atoms with Gasteiger partial charge in [0.25, 0.3) is 0 Å². The number of carbonyl (C=O) groups excluding carboxylic acids is 1. The monoisotopic (exact) mass is 344 g/mol. The molecule has 3 aromatic rings. The average molecular weight is 345 g/mol. The summed E-state index contributed by atoms with van der Waals surface area (Å²) in [6.07, 6.45) is 0. The van der Waals surface area contributed by atoms with Crippen molar-refractivity contribution in [1.29, 1.82) is 0 Å². The number of carbonyl (C=O) groups is 1. The molecule has 0 aliphatic rings. The summed E-state index contributed by atoms with van der Waals surface area (Å²) in [5, 5.41) is 1.15. The molecule has 0 unspecified atom stereocenters. The molecule has 0 amide bonds. The van der Waals surface area contributed by atoms with Gasteiger partial charge in [0.2, 0.25) is 0 Å². The lowest BCUT2D eigenvalue weighted by Crippen LogP contribution is -2.17. The van der Waals surface area contributed by atoms with Crippen molar-refractivity contribution in [3.8, 4) is 11.5 Å². The van der Waals surface area contributed by atoms with Crippen molar-refractivity contribution in [2.24, 2.45) is 0 Å². The summed E-state index contributed by atoms with van der Waals surface area (Å²) >= 11 is 6.00. The highest BCUT2D eigenvalue weighted by molar-refractivity contribution is 6.32. The van der Waals surface area contributed by atoms with Gasteiger partial charge in [-0.1, -0.05) is 17.7 Å². The summed E-state index contributed by atoms with van der Waals surface area (Å²) in [6.45, 7) is 1.60. The smallest absolute Gasteiger partial charge is 0.349 e. The zero-order valence-corrected chi connectivity index (χ0v) is 13.5. The van der Waals surface area contributed by atoms with Crippen LogP contribution in [-0.2, 0) is 4.79 Å². The number of aryl methyl sites for hydroxylation is 1. The number of halogens is 1. The van der Waals surface area contributed by atoms with Crippen molar-refractivity contribution in [3.63, 3.8) is 0 Å². The van der Waals surface area contributed by atoms with Crippen LogP contribution in [0.25, 0.3) is 11.0 Å². The quantitative estimate of drug-likeness (QED) is 0.410. The van der Waals surface area contributed by atoms with Crippen molar-refractivity contribution in [2.45, 2.75) is 6.92 Å². The van der Waals surface area contributed by atoms with Crippen LogP contribution in [0.2, 0.25) is 5.02 Å². The van der Waals surface area contributed by atoms with Gasteiger partial charge in [-0.25, -0.2) is 9.59 Å². The van der Waals surface area contributed by atoms with E-state index in [9.17, 15) is 9.59 Å². The van der Waals surface area contributed by atoms with Gasteiger partial charge in [-0.05, 0) is 42.8 Å². The van der Waals surface area contributed by atoms with E-state index in [-0.39, 0.29) is 12.4 Å². The van der Waals surface area contributed by atoms with Crippen LogP contribution < -0.4 is 15.1 Å². The minimum atomic E-state index is -0.592. The summed E-state index contributed by atoms with van der Waals surface area (Å²) in [5.74, 6) is 0.0871. The number of hydrogen-bond donors (Lipinski definition) is 0. The van der Waals surface area contributed by atoms with Crippen LogP contribution in [0.15, 0.2) is 57.7 Å². The Morgan fingerprint density at radius 3 is 2.75 bits per heavy atom. The second kappa shape index (κ2) is 6.76. The van der Waals surface area contributed by atoms with Gasteiger partial charge < -0.3 is 13.9 Å². The van der Waals surface area contributed by atoms with Gasteiger partial charge in [0.15, 0.2) is 6.61 Å². The highest BCUT2D eigenvalue weighted by atomic mass is 35.5. The van der Waals surface area contributed by atoms with E-state index < -0.39 is 11.6 Å². The molecular weight excluding hydrogens is 332 g/mol. The largest absolute Gasteiger partial charge is 0.480 e. The molecule has 122 valence electrons. The first-order chi connectivity index (χ1) is 11.5. The number of hydrogen-bond acceptors (Lipinski definition) is 5. The van der Waals surface area contributed by atoms with Crippen LogP contribution in [-0.4, -0.2) is 12.6 Å². The molecule has 3 rings (SSSR count). The molecule has 24 heavy (non-hydrogen) atoms. The van der Waals surface area contributed by atoms with Crippen LogP contribution in [0.5, 0.6) is 11.5 Å². The number of fused-ring (bicyclic) bond motifs is 1. The standard InChI is InChI=1S/C18H13ClO5/c1-11-2-6-14(19)16(8-11)22-10-18(21)23-13-5-3-12-4-7-17(20)24-15(12)9-13/h2-9H,10H2,1H3. The van der Waals surface area contributed by atoms with Gasteiger partial charge in [-0.15, -0.1) is 0 Å². The molecule has 0 fully saturated rings. The molecule has 0 saturated carbocycles. The third-order valence-electron chi connectivity index (χ3n) is 3.26. The maximum Gasteiger partial charge on any atom is 0.349 e. The number of benzene rings is 2. The predicted molar refractivity (Wildman–Crippen MR) is 89.8 cm³/mol. The van der Waals surface area contributed by atoms with Crippen LogP contribution in [0.4, 0.5) is 0 Å². The van der Waals surface area contributed by atoms with Crippen molar-refractivity contribution in [3.05, 3.63) is 69.5 Å². The normalized spacial score (nSPS) is 10.6. The first-order valence-electron chi connectivity index (χ1n) is 7.15. The Morgan fingerprint density at radius 2 is 1.92 bits per heavy atom. The third-order valence-corrected chi connectivity index (χ3v) is 3.57. The SMILES string of the molecule is Cc1ccc(Cl)c(OCC(=O)Oc2ccc3ccc(=O)oc3c2)c1. The molecule has 0 aliphatic heterocycles. The summed E-state index contributed by atoms with van der Waals surface area (Å²) in [6, 6.07) is 13.0. The van der Waals surface area contributed by atoms with Gasteiger partial charge in [0.05, 0.1) is 5.02 Å². The molecule has 2 aromatic carbocycles. The predicted octanol–water partition coefficient (Wildman–Crippen LogP) is 3.74. The third kappa shape index (κ3) is 3.75. The minimum Gasteiger partial charge on any atom is -0.480 e. The molecule has 0 radical (unpaired) electrons. The van der Waals surface area contributed by atoms with Gasteiger partial charge in [0, 0.05) is 17.5 Å². The Morgan fingerprint density at radius 1 is 1.12 bits per heavy atom. The Labute approximate surface area is 142 Å². The fourth-order valence-electron chi connectivity index (χ4n) is 2.12. The zero-order valence-electron chi connectivity index (χ0n) is 12.7. The van der Waals surface area contributed by atoms with Gasteiger partial charge in [-0.2, -0.15) is 0 Å². The fourth-order valence-corrected chi connectivity index (χ4v) is 2.30. The van der Waals surface area contributed by atoms with Crippen molar-refractivity contribution in [1.82, 2.24) is 0 Å². The molecule has 0 atom stereocenters. The molecule has 6 heteroatoms. The molecule has 1 heterocycles. The molecule has 0 saturated heterocycles. The number of rotatable bonds is 4. The van der Waals surface area contributed by atoms with E-state index in [2.05, 4.69) is 0 Å². The molecule has 1 aromatic heterocycles. The lowest BCUT2D eigenvalue weighted by atomic mass is 10.2. The highest BCUT2D eigenvalue weighted by Gasteiger charge is 2.10. The first kappa shape index (κ1) is 16.1. The van der Waals surface area contributed by atoms with Crippen LogP contribution in [0.3, 0.4) is 0 Å². The van der Waals surface area contributed by atoms with E-state index in [1.54, 1.807) is 30.3 Å². The highest BCUT2D eigenvalue weighted by Crippen LogP contribution is 2.25. The van der Waals surface area contributed by atoms with Crippen LogP contribution >= 0.6 is 11.6 Å². The Balaban J connectivity index is 1.68.